The second-order valence-corrected chi connectivity index (χ2v) is 7.14. The summed E-state index contributed by atoms with van der Waals surface area (Å²) in [6, 6.07) is 6.23. The van der Waals surface area contributed by atoms with Crippen molar-refractivity contribution < 1.29 is 13.2 Å². The third-order valence-corrected chi connectivity index (χ3v) is 4.94. The SMILES string of the molecule is CCC1CCCN(CCOc2ccc(S(N)(=O)=O)cc2)C1. The molecule has 0 amide bonds. The van der Waals surface area contributed by atoms with E-state index in [0.29, 0.717) is 12.4 Å². The molecule has 0 radical (unpaired) electrons. The van der Waals surface area contributed by atoms with Crippen LogP contribution in [0.3, 0.4) is 0 Å². The maximum Gasteiger partial charge on any atom is 0.238 e. The quantitative estimate of drug-likeness (QED) is 0.870. The summed E-state index contributed by atoms with van der Waals surface area (Å²) in [6.45, 7) is 6.07. The molecule has 5 nitrogen and oxygen atoms in total. The van der Waals surface area contributed by atoms with Gasteiger partial charge in [0, 0.05) is 13.1 Å². The fraction of sp³-hybridized carbons (Fsp3) is 0.600. The Balaban J connectivity index is 1.78. The second kappa shape index (κ2) is 7.24. The van der Waals surface area contributed by atoms with Crippen LogP contribution in [0.15, 0.2) is 29.2 Å². The van der Waals surface area contributed by atoms with E-state index in [1.807, 2.05) is 0 Å². The topological polar surface area (TPSA) is 72.6 Å². The van der Waals surface area contributed by atoms with Crippen molar-refractivity contribution >= 4 is 10.0 Å². The van der Waals surface area contributed by atoms with Crippen molar-refractivity contribution in [3.8, 4) is 5.75 Å². The van der Waals surface area contributed by atoms with Gasteiger partial charge in [-0.2, -0.15) is 0 Å². The molecular weight excluding hydrogens is 288 g/mol. The fourth-order valence-corrected chi connectivity index (χ4v) is 3.22. The summed E-state index contributed by atoms with van der Waals surface area (Å²) in [5.74, 6) is 1.49. The smallest absolute Gasteiger partial charge is 0.238 e. The van der Waals surface area contributed by atoms with Crippen molar-refractivity contribution in [2.45, 2.75) is 31.1 Å². The van der Waals surface area contributed by atoms with E-state index in [0.717, 1.165) is 25.6 Å². The first-order chi connectivity index (χ1) is 9.99. The summed E-state index contributed by atoms with van der Waals surface area (Å²) in [7, 11) is -3.63. The highest BCUT2D eigenvalue weighted by molar-refractivity contribution is 7.89. The van der Waals surface area contributed by atoms with E-state index < -0.39 is 10.0 Å². The molecule has 1 aromatic carbocycles. The lowest BCUT2D eigenvalue weighted by Crippen LogP contribution is -2.37. The maximum atomic E-state index is 11.2. The first-order valence-electron chi connectivity index (χ1n) is 7.47. The van der Waals surface area contributed by atoms with Gasteiger partial charge in [0.15, 0.2) is 0 Å². The van der Waals surface area contributed by atoms with Crippen LogP contribution < -0.4 is 9.88 Å². The predicted molar refractivity (Wildman–Crippen MR) is 82.8 cm³/mol. The molecule has 6 heteroatoms. The highest BCUT2D eigenvalue weighted by Gasteiger charge is 2.17. The molecule has 0 aliphatic carbocycles. The van der Waals surface area contributed by atoms with Gasteiger partial charge in [-0.25, -0.2) is 13.6 Å². The van der Waals surface area contributed by atoms with Gasteiger partial charge in [0.2, 0.25) is 10.0 Å². The molecule has 1 atom stereocenters. The highest BCUT2D eigenvalue weighted by Crippen LogP contribution is 2.19. The van der Waals surface area contributed by atoms with Crippen molar-refractivity contribution in [2.24, 2.45) is 11.1 Å². The van der Waals surface area contributed by atoms with Crippen molar-refractivity contribution in [2.75, 3.05) is 26.2 Å². The van der Waals surface area contributed by atoms with Crippen LogP contribution in [-0.2, 0) is 10.0 Å². The normalized spacial score (nSPS) is 20.4. The fourth-order valence-electron chi connectivity index (χ4n) is 2.71. The summed E-state index contributed by atoms with van der Waals surface area (Å²) in [6.07, 6.45) is 3.84. The number of piperidine rings is 1. The molecule has 1 aliphatic heterocycles. The van der Waals surface area contributed by atoms with E-state index in [-0.39, 0.29) is 4.90 Å². The van der Waals surface area contributed by atoms with E-state index in [2.05, 4.69) is 11.8 Å². The molecule has 0 spiro atoms. The Hall–Kier alpha value is -1.11. The van der Waals surface area contributed by atoms with Gasteiger partial charge in [-0.1, -0.05) is 13.3 Å². The molecule has 0 aromatic heterocycles. The highest BCUT2D eigenvalue weighted by atomic mass is 32.2. The number of sulfonamides is 1. The zero-order chi connectivity index (χ0) is 15.3. The maximum absolute atomic E-state index is 11.2. The van der Waals surface area contributed by atoms with Gasteiger partial charge in [-0.05, 0) is 49.6 Å². The molecule has 0 saturated carbocycles. The second-order valence-electron chi connectivity index (χ2n) is 5.58. The van der Waals surface area contributed by atoms with E-state index in [9.17, 15) is 8.42 Å². The van der Waals surface area contributed by atoms with Crippen LogP contribution in [0.2, 0.25) is 0 Å². The van der Waals surface area contributed by atoms with E-state index in [1.54, 1.807) is 12.1 Å². The number of nitrogens with zero attached hydrogens (tertiary/aromatic N) is 1. The summed E-state index contributed by atoms with van der Waals surface area (Å²) in [5, 5.41) is 5.06. The van der Waals surface area contributed by atoms with Crippen LogP contribution in [0.4, 0.5) is 0 Å². The number of nitrogens with two attached hydrogens (primary N) is 1. The third-order valence-electron chi connectivity index (χ3n) is 4.01. The standard InChI is InChI=1S/C15H24N2O3S/c1-2-13-4-3-9-17(12-13)10-11-20-14-5-7-15(8-6-14)21(16,18)19/h5-8,13H,2-4,9-12H2,1H3,(H2,16,18,19). The van der Waals surface area contributed by atoms with Gasteiger partial charge in [0.05, 0.1) is 4.90 Å². The van der Waals surface area contributed by atoms with Crippen molar-refractivity contribution in [1.29, 1.82) is 0 Å². The largest absolute Gasteiger partial charge is 0.492 e. The molecule has 0 bridgehead atoms. The summed E-state index contributed by atoms with van der Waals surface area (Å²) >= 11 is 0. The minimum atomic E-state index is -3.63. The van der Waals surface area contributed by atoms with Crippen LogP contribution in [0, 0.1) is 5.92 Å². The number of benzene rings is 1. The number of ether oxygens (including phenoxy) is 1. The molecule has 21 heavy (non-hydrogen) atoms. The molecule has 1 fully saturated rings. The molecule has 118 valence electrons. The molecule has 1 heterocycles. The molecule has 1 aliphatic rings. The van der Waals surface area contributed by atoms with Gasteiger partial charge >= 0.3 is 0 Å². The zero-order valence-electron chi connectivity index (χ0n) is 12.5. The van der Waals surface area contributed by atoms with Gasteiger partial charge in [-0.15, -0.1) is 0 Å². The Bertz CT molecular complexity index is 543. The molecule has 1 saturated heterocycles. The lowest BCUT2D eigenvalue weighted by Gasteiger charge is -2.32. The van der Waals surface area contributed by atoms with Crippen LogP contribution in [0.5, 0.6) is 5.75 Å². The number of primary sulfonamides is 1. The third kappa shape index (κ3) is 4.98. The Kier molecular flexibility index (Phi) is 5.61. The van der Waals surface area contributed by atoms with Crippen LogP contribution in [0.1, 0.15) is 26.2 Å². The average molecular weight is 312 g/mol. The zero-order valence-corrected chi connectivity index (χ0v) is 13.3. The molecular formula is C15H24N2O3S. The Morgan fingerprint density at radius 2 is 2.05 bits per heavy atom. The monoisotopic (exact) mass is 312 g/mol. The Morgan fingerprint density at radius 1 is 1.33 bits per heavy atom. The van der Waals surface area contributed by atoms with Crippen LogP contribution >= 0.6 is 0 Å². The van der Waals surface area contributed by atoms with Crippen molar-refractivity contribution in [3.05, 3.63) is 24.3 Å². The average Bonchev–Trinajstić information content (AvgIpc) is 2.47. The Labute approximate surface area is 127 Å². The van der Waals surface area contributed by atoms with E-state index in [4.69, 9.17) is 9.88 Å². The lowest BCUT2D eigenvalue weighted by molar-refractivity contribution is 0.145. The number of likely N-dealkylation sites (tertiary alicyclic amines) is 1. The van der Waals surface area contributed by atoms with Gasteiger partial charge in [0.25, 0.3) is 0 Å². The van der Waals surface area contributed by atoms with Crippen molar-refractivity contribution in [3.63, 3.8) is 0 Å². The van der Waals surface area contributed by atoms with E-state index >= 15 is 0 Å². The number of rotatable bonds is 6. The van der Waals surface area contributed by atoms with Gasteiger partial charge in [-0.3, -0.25) is 4.90 Å². The first-order valence-corrected chi connectivity index (χ1v) is 9.01. The van der Waals surface area contributed by atoms with Crippen molar-refractivity contribution in [1.82, 2.24) is 4.90 Å². The van der Waals surface area contributed by atoms with Gasteiger partial charge in [0.1, 0.15) is 12.4 Å². The predicted octanol–water partition coefficient (Wildman–Crippen LogP) is 1.83. The lowest BCUT2D eigenvalue weighted by atomic mass is 9.96. The summed E-state index contributed by atoms with van der Waals surface area (Å²) in [5.41, 5.74) is 0. The minimum absolute atomic E-state index is 0.108. The minimum Gasteiger partial charge on any atom is -0.492 e. The molecule has 2 rings (SSSR count). The van der Waals surface area contributed by atoms with E-state index in [1.165, 1.54) is 31.4 Å². The van der Waals surface area contributed by atoms with Crippen LogP contribution in [0.25, 0.3) is 0 Å². The molecule has 2 N–H and O–H groups in total. The summed E-state index contributed by atoms with van der Waals surface area (Å²) in [4.78, 5) is 2.55. The molecule has 1 unspecified atom stereocenters. The Morgan fingerprint density at radius 3 is 2.67 bits per heavy atom. The van der Waals surface area contributed by atoms with Gasteiger partial charge < -0.3 is 4.74 Å². The first kappa shape index (κ1) is 16.3. The summed E-state index contributed by atoms with van der Waals surface area (Å²) < 4.78 is 28.0. The number of hydrogen-bond acceptors (Lipinski definition) is 4. The van der Waals surface area contributed by atoms with Crippen LogP contribution in [-0.4, -0.2) is 39.6 Å². The number of hydrogen-bond donors (Lipinski definition) is 1. The molecule has 1 aromatic rings.